The SMILES string of the molecule is Cc1ccc(N2C(=O)C(Sc3ccccc3)=C(c3ccc(OC(C)C)cc3)C2=O)cc1C. The molecule has 3 aromatic carbocycles. The fraction of sp³-hybridized carbons (Fsp3) is 0.185. The summed E-state index contributed by atoms with van der Waals surface area (Å²) in [4.78, 5) is 29.7. The van der Waals surface area contributed by atoms with Crippen molar-refractivity contribution in [2.75, 3.05) is 4.90 Å². The highest BCUT2D eigenvalue weighted by molar-refractivity contribution is 8.04. The van der Waals surface area contributed by atoms with Gasteiger partial charge in [-0.3, -0.25) is 9.59 Å². The van der Waals surface area contributed by atoms with Crippen molar-refractivity contribution in [1.82, 2.24) is 0 Å². The number of amides is 2. The Morgan fingerprint density at radius 2 is 1.50 bits per heavy atom. The lowest BCUT2D eigenvalue weighted by Gasteiger charge is -2.16. The molecule has 0 bridgehead atoms. The molecule has 0 spiro atoms. The van der Waals surface area contributed by atoms with Crippen molar-refractivity contribution in [3.63, 3.8) is 0 Å². The van der Waals surface area contributed by atoms with Crippen LogP contribution in [0, 0.1) is 13.8 Å². The number of hydrogen-bond donors (Lipinski definition) is 0. The van der Waals surface area contributed by atoms with Gasteiger partial charge in [0.1, 0.15) is 5.75 Å². The summed E-state index contributed by atoms with van der Waals surface area (Å²) in [7, 11) is 0. The van der Waals surface area contributed by atoms with Crippen molar-refractivity contribution in [3.05, 3.63) is 94.4 Å². The molecular formula is C27H25NO3S. The molecular weight excluding hydrogens is 418 g/mol. The molecule has 0 aromatic heterocycles. The lowest BCUT2D eigenvalue weighted by atomic mass is 10.1. The van der Waals surface area contributed by atoms with E-state index < -0.39 is 0 Å². The molecule has 2 amide bonds. The summed E-state index contributed by atoms with van der Waals surface area (Å²) < 4.78 is 5.73. The maximum absolute atomic E-state index is 13.6. The van der Waals surface area contributed by atoms with Crippen LogP contribution < -0.4 is 9.64 Å². The van der Waals surface area contributed by atoms with Gasteiger partial charge in [-0.25, -0.2) is 4.90 Å². The third-order valence-corrected chi connectivity index (χ3v) is 6.36. The summed E-state index contributed by atoms with van der Waals surface area (Å²) in [5, 5.41) is 0. The highest BCUT2D eigenvalue weighted by atomic mass is 32.2. The molecule has 1 heterocycles. The first-order chi connectivity index (χ1) is 15.3. The molecule has 0 fully saturated rings. The van der Waals surface area contributed by atoms with Gasteiger partial charge in [0, 0.05) is 4.90 Å². The monoisotopic (exact) mass is 443 g/mol. The topological polar surface area (TPSA) is 46.6 Å². The first kappa shape index (κ1) is 21.9. The van der Waals surface area contributed by atoms with E-state index in [9.17, 15) is 9.59 Å². The number of ether oxygens (including phenoxy) is 1. The van der Waals surface area contributed by atoms with Crippen molar-refractivity contribution in [2.45, 2.75) is 38.7 Å². The highest BCUT2D eigenvalue weighted by Crippen LogP contribution is 2.41. The lowest BCUT2D eigenvalue weighted by Crippen LogP contribution is -2.31. The number of carbonyl (C=O) groups excluding carboxylic acids is 2. The van der Waals surface area contributed by atoms with Crippen LogP contribution in [0.25, 0.3) is 5.57 Å². The molecule has 3 aromatic rings. The molecule has 0 unspecified atom stereocenters. The number of aryl methyl sites for hydroxylation is 2. The number of nitrogens with zero attached hydrogens (tertiary/aromatic N) is 1. The van der Waals surface area contributed by atoms with Gasteiger partial charge in [0.25, 0.3) is 11.8 Å². The highest BCUT2D eigenvalue weighted by Gasteiger charge is 2.40. The zero-order valence-electron chi connectivity index (χ0n) is 18.6. The summed E-state index contributed by atoms with van der Waals surface area (Å²) in [5.74, 6) is 0.114. The van der Waals surface area contributed by atoms with Crippen molar-refractivity contribution >= 4 is 34.8 Å². The van der Waals surface area contributed by atoms with Gasteiger partial charge in [-0.2, -0.15) is 0 Å². The van der Waals surface area contributed by atoms with Crippen LogP contribution in [0.5, 0.6) is 5.75 Å². The third kappa shape index (κ3) is 4.34. The van der Waals surface area contributed by atoms with Gasteiger partial charge in [0.05, 0.1) is 22.3 Å². The van der Waals surface area contributed by atoms with Crippen LogP contribution >= 0.6 is 11.8 Å². The molecule has 0 saturated heterocycles. The number of benzene rings is 3. The Morgan fingerprint density at radius 1 is 0.812 bits per heavy atom. The Kier molecular flexibility index (Phi) is 6.19. The van der Waals surface area contributed by atoms with Crippen LogP contribution in [-0.2, 0) is 9.59 Å². The number of carbonyl (C=O) groups is 2. The largest absolute Gasteiger partial charge is 0.491 e. The van der Waals surface area contributed by atoms with Crippen LogP contribution in [0.4, 0.5) is 5.69 Å². The van der Waals surface area contributed by atoms with E-state index in [4.69, 9.17) is 4.74 Å². The molecule has 1 aliphatic rings. The van der Waals surface area contributed by atoms with Gasteiger partial charge in [-0.1, -0.05) is 48.2 Å². The molecule has 4 nitrogen and oxygen atoms in total. The lowest BCUT2D eigenvalue weighted by molar-refractivity contribution is -0.119. The summed E-state index contributed by atoms with van der Waals surface area (Å²) >= 11 is 1.32. The van der Waals surface area contributed by atoms with E-state index in [1.165, 1.54) is 16.7 Å². The maximum atomic E-state index is 13.6. The molecule has 0 atom stereocenters. The molecule has 162 valence electrons. The number of rotatable bonds is 6. The van der Waals surface area contributed by atoms with Crippen molar-refractivity contribution in [2.24, 2.45) is 0 Å². The summed E-state index contributed by atoms with van der Waals surface area (Å²) in [6, 6.07) is 22.6. The molecule has 0 aliphatic carbocycles. The zero-order valence-corrected chi connectivity index (χ0v) is 19.4. The quantitative estimate of drug-likeness (QED) is 0.428. The molecule has 32 heavy (non-hydrogen) atoms. The summed E-state index contributed by atoms with van der Waals surface area (Å²) in [6.07, 6.45) is 0.0548. The van der Waals surface area contributed by atoms with Crippen LogP contribution in [0.2, 0.25) is 0 Å². The Bertz CT molecular complexity index is 1200. The minimum atomic E-state index is -0.311. The van der Waals surface area contributed by atoms with Crippen LogP contribution in [-0.4, -0.2) is 17.9 Å². The molecule has 5 heteroatoms. The van der Waals surface area contributed by atoms with Crippen molar-refractivity contribution < 1.29 is 14.3 Å². The molecule has 0 saturated carbocycles. The normalized spacial score (nSPS) is 14.0. The van der Waals surface area contributed by atoms with Crippen LogP contribution in [0.3, 0.4) is 0 Å². The van der Waals surface area contributed by atoms with E-state index in [-0.39, 0.29) is 17.9 Å². The average molecular weight is 444 g/mol. The second-order valence-electron chi connectivity index (χ2n) is 8.02. The van der Waals surface area contributed by atoms with Crippen LogP contribution in [0.15, 0.2) is 82.6 Å². The second kappa shape index (κ2) is 9.05. The molecule has 1 aliphatic heterocycles. The van der Waals surface area contributed by atoms with Gasteiger partial charge in [0.15, 0.2) is 0 Å². The van der Waals surface area contributed by atoms with E-state index in [1.807, 2.05) is 100 Å². The Labute approximate surface area is 192 Å². The van der Waals surface area contributed by atoms with Gasteiger partial charge in [0.2, 0.25) is 0 Å². The standard InChI is InChI=1S/C27H25NO3S/c1-17(2)31-22-14-11-20(12-15-22)24-25(32-23-8-6-5-7-9-23)27(30)28(26(24)29)21-13-10-18(3)19(4)16-21/h5-17H,1-4H3. The molecule has 4 rings (SSSR count). The summed E-state index contributed by atoms with van der Waals surface area (Å²) in [5.41, 5.74) is 3.84. The second-order valence-corrected chi connectivity index (χ2v) is 9.11. The third-order valence-electron chi connectivity index (χ3n) is 5.27. The average Bonchev–Trinajstić information content (AvgIpc) is 3.01. The van der Waals surface area contributed by atoms with Crippen molar-refractivity contribution in [3.8, 4) is 5.75 Å². The van der Waals surface area contributed by atoms with E-state index in [0.29, 0.717) is 21.7 Å². The van der Waals surface area contributed by atoms with Gasteiger partial charge >= 0.3 is 0 Å². The van der Waals surface area contributed by atoms with E-state index >= 15 is 0 Å². The first-order valence-electron chi connectivity index (χ1n) is 10.6. The Hall–Kier alpha value is -3.31. The van der Waals surface area contributed by atoms with Gasteiger partial charge in [-0.15, -0.1) is 0 Å². The van der Waals surface area contributed by atoms with E-state index in [1.54, 1.807) is 0 Å². The minimum Gasteiger partial charge on any atom is -0.491 e. The van der Waals surface area contributed by atoms with Gasteiger partial charge < -0.3 is 4.74 Å². The van der Waals surface area contributed by atoms with E-state index in [2.05, 4.69) is 0 Å². The Morgan fingerprint density at radius 3 is 2.12 bits per heavy atom. The molecule has 0 N–H and O–H groups in total. The fourth-order valence-electron chi connectivity index (χ4n) is 3.54. The smallest absolute Gasteiger partial charge is 0.272 e. The number of hydrogen-bond acceptors (Lipinski definition) is 4. The minimum absolute atomic E-state index is 0.0548. The number of thioether (sulfide) groups is 1. The van der Waals surface area contributed by atoms with Crippen LogP contribution in [0.1, 0.15) is 30.5 Å². The number of anilines is 1. The Balaban J connectivity index is 1.78. The fourth-order valence-corrected chi connectivity index (χ4v) is 4.55. The van der Waals surface area contributed by atoms with Gasteiger partial charge in [-0.05, 0) is 80.8 Å². The maximum Gasteiger partial charge on any atom is 0.272 e. The first-order valence-corrected chi connectivity index (χ1v) is 11.4. The predicted molar refractivity (Wildman–Crippen MR) is 130 cm³/mol. The summed E-state index contributed by atoms with van der Waals surface area (Å²) in [6.45, 7) is 7.91. The van der Waals surface area contributed by atoms with E-state index in [0.717, 1.165) is 21.8 Å². The van der Waals surface area contributed by atoms with Crippen molar-refractivity contribution in [1.29, 1.82) is 0 Å². The zero-order chi connectivity index (χ0) is 22.8. The number of imide groups is 1. The molecule has 0 radical (unpaired) electrons. The predicted octanol–water partition coefficient (Wildman–Crippen LogP) is 6.17.